The number of methoxy groups -OCH3 is 1. The predicted octanol–water partition coefficient (Wildman–Crippen LogP) is 2.21. The Labute approximate surface area is 93.1 Å². The molecular weight excluding hydrogens is 245 g/mol. The Morgan fingerprint density at radius 2 is 2.06 bits per heavy atom. The average Bonchev–Trinajstić information content (AvgIpc) is 2.14. The van der Waals surface area contributed by atoms with Crippen LogP contribution in [-0.2, 0) is 0 Å². The molecule has 0 radical (unpaired) electrons. The van der Waals surface area contributed by atoms with Crippen molar-refractivity contribution in [2.24, 2.45) is 0 Å². The zero-order chi connectivity index (χ0) is 13.2. The van der Waals surface area contributed by atoms with Crippen molar-refractivity contribution in [3.8, 4) is 11.5 Å². The first-order valence-corrected chi connectivity index (χ1v) is 4.20. The molecule has 0 aromatic carbocycles. The molecule has 0 fully saturated rings. The molecule has 0 aliphatic carbocycles. The molecule has 0 aliphatic rings. The molecule has 0 unspecified atom stereocenters. The van der Waals surface area contributed by atoms with Crippen molar-refractivity contribution in [2.75, 3.05) is 7.11 Å². The Morgan fingerprint density at radius 1 is 1.47 bits per heavy atom. The van der Waals surface area contributed by atoms with Crippen LogP contribution >= 0.6 is 0 Å². The monoisotopic (exact) mass is 252 g/mol. The Hall–Kier alpha value is -2.06. The van der Waals surface area contributed by atoms with E-state index in [4.69, 9.17) is 0 Å². The van der Waals surface area contributed by atoms with Crippen LogP contribution in [0.4, 0.5) is 19.0 Å². The summed E-state index contributed by atoms with van der Waals surface area (Å²) in [4.78, 5) is 13.0. The van der Waals surface area contributed by atoms with Crippen molar-refractivity contribution in [2.45, 2.75) is 13.3 Å². The fraction of sp³-hybridized carbons (Fsp3) is 0.375. The highest BCUT2D eigenvalue weighted by atomic mass is 19.4. The third-order valence-corrected chi connectivity index (χ3v) is 1.71. The number of nitrogens with zero attached hydrogens (tertiary/aromatic N) is 2. The summed E-state index contributed by atoms with van der Waals surface area (Å²) in [5, 5.41) is 10.4. The van der Waals surface area contributed by atoms with Crippen LogP contribution in [0.25, 0.3) is 0 Å². The van der Waals surface area contributed by atoms with Crippen molar-refractivity contribution >= 4 is 5.82 Å². The average molecular weight is 252 g/mol. The second-order valence-electron chi connectivity index (χ2n) is 2.90. The third kappa shape index (κ3) is 3.20. The number of aromatic nitrogens is 1. The summed E-state index contributed by atoms with van der Waals surface area (Å²) in [5.74, 6) is -1.84. The van der Waals surface area contributed by atoms with Crippen LogP contribution in [0.5, 0.6) is 11.5 Å². The van der Waals surface area contributed by atoms with Crippen molar-refractivity contribution < 1.29 is 27.6 Å². The number of nitro groups is 1. The van der Waals surface area contributed by atoms with Gasteiger partial charge in [-0.15, -0.1) is 13.2 Å². The van der Waals surface area contributed by atoms with Gasteiger partial charge in [-0.1, -0.05) is 0 Å². The Balaban J connectivity index is 3.29. The molecule has 1 rings (SSSR count). The zero-order valence-corrected chi connectivity index (χ0v) is 8.74. The number of rotatable bonds is 3. The molecule has 94 valence electrons. The smallest absolute Gasteiger partial charge is 0.490 e. The van der Waals surface area contributed by atoms with Crippen LogP contribution in [-0.4, -0.2) is 23.4 Å². The predicted molar refractivity (Wildman–Crippen MR) is 48.9 cm³/mol. The lowest BCUT2D eigenvalue weighted by Gasteiger charge is -2.12. The van der Waals surface area contributed by atoms with Gasteiger partial charge in [0.15, 0.2) is 11.4 Å². The molecule has 0 N–H and O–H groups in total. The van der Waals surface area contributed by atoms with Crippen LogP contribution in [0.1, 0.15) is 5.69 Å². The van der Waals surface area contributed by atoms with Gasteiger partial charge in [-0.3, -0.25) is 0 Å². The summed E-state index contributed by atoms with van der Waals surface area (Å²) in [6.45, 7) is 1.27. The van der Waals surface area contributed by atoms with Gasteiger partial charge in [0.1, 0.15) is 0 Å². The SMILES string of the molecule is COc1c(OC(F)(F)F)cc([N+](=O)[O-])nc1C. The third-order valence-electron chi connectivity index (χ3n) is 1.71. The first-order valence-electron chi connectivity index (χ1n) is 4.20. The molecular formula is C8H7F3N2O4. The van der Waals surface area contributed by atoms with E-state index < -0.39 is 22.9 Å². The van der Waals surface area contributed by atoms with Crippen LogP contribution in [0, 0.1) is 17.0 Å². The molecule has 0 saturated heterocycles. The standard InChI is InChI=1S/C8H7F3N2O4/c1-4-7(16-2)5(17-8(9,10)11)3-6(12-4)13(14)15/h3H,1-2H3. The lowest BCUT2D eigenvalue weighted by atomic mass is 10.3. The minimum Gasteiger partial charge on any atom is -0.490 e. The molecule has 17 heavy (non-hydrogen) atoms. The van der Waals surface area contributed by atoms with E-state index in [1.165, 1.54) is 6.92 Å². The highest BCUT2D eigenvalue weighted by Gasteiger charge is 2.34. The second kappa shape index (κ2) is 4.44. The first kappa shape index (κ1) is 13.0. The lowest BCUT2D eigenvalue weighted by molar-refractivity contribution is -0.389. The minimum absolute atomic E-state index is 0.0686. The van der Waals surface area contributed by atoms with Gasteiger partial charge in [0.2, 0.25) is 5.75 Å². The molecule has 1 aromatic rings. The Kier molecular flexibility index (Phi) is 3.39. The topological polar surface area (TPSA) is 74.5 Å². The van der Waals surface area contributed by atoms with Gasteiger partial charge in [0.25, 0.3) is 0 Å². The van der Waals surface area contributed by atoms with Gasteiger partial charge in [-0.25, -0.2) is 0 Å². The summed E-state index contributed by atoms with van der Waals surface area (Å²) in [7, 11) is 1.11. The number of halogens is 3. The molecule has 0 amide bonds. The van der Waals surface area contributed by atoms with Gasteiger partial charge >= 0.3 is 12.2 Å². The first-order chi connectivity index (χ1) is 7.74. The summed E-state index contributed by atoms with van der Waals surface area (Å²) in [5.41, 5.74) is -0.0686. The van der Waals surface area contributed by atoms with Gasteiger partial charge in [-0.05, 0) is 9.91 Å². The molecule has 6 nitrogen and oxygen atoms in total. The van der Waals surface area contributed by atoms with E-state index in [0.29, 0.717) is 6.07 Å². The van der Waals surface area contributed by atoms with E-state index in [0.717, 1.165) is 7.11 Å². The normalized spacial score (nSPS) is 11.1. The van der Waals surface area contributed by atoms with Gasteiger partial charge in [-0.2, -0.15) is 0 Å². The number of hydrogen-bond donors (Lipinski definition) is 0. The van der Waals surface area contributed by atoms with E-state index in [1.54, 1.807) is 0 Å². The maximum Gasteiger partial charge on any atom is 0.573 e. The second-order valence-corrected chi connectivity index (χ2v) is 2.90. The molecule has 0 spiro atoms. The largest absolute Gasteiger partial charge is 0.573 e. The number of ether oxygens (including phenoxy) is 2. The fourth-order valence-corrected chi connectivity index (χ4v) is 1.16. The van der Waals surface area contributed by atoms with Crippen LogP contribution < -0.4 is 9.47 Å². The molecule has 0 saturated carbocycles. The number of pyridine rings is 1. The molecule has 0 atom stereocenters. The molecule has 0 bridgehead atoms. The quantitative estimate of drug-likeness (QED) is 0.609. The number of alkyl halides is 3. The van der Waals surface area contributed by atoms with E-state index in [1.807, 2.05) is 0 Å². The fourth-order valence-electron chi connectivity index (χ4n) is 1.16. The van der Waals surface area contributed by atoms with Crippen molar-refractivity contribution in [1.29, 1.82) is 0 Å². The number of hydrogen-bond acceptors (Lipinski definition) is 5. The van der Waals surface area contributed by atoms with Gasteiger partial charge in [0.05, 0.1) is 13.2 Å². The van der Waals surface area contributed by atoms with E-state index >= 15 is 0 Å². The minimum atomic E-state index is -4.96. The lowest BCUT2D eigenvalue weighted by Crippen LogP contribution is -2.18. The van der Waals surface area contributed by atoms with Crippen molar-refractivity contribution in [1.82, 2.24) is 4.98 Å². The van der Waals surface area contributed by atoms with E-state index in [2.05, 4.69) is 14.5 Å². The van der Waals surface area contributed by atoms with Crippen molar-refractivity contribution in [3.63, 3.8) is 0 Å². The van der Waals surface area contributed by atoms with Crippen LogP contribution in [0.3, 0.4) is 0 Å². The Bertz CT molecular complexity index is 447. The molecule has 0 aliphatic heterocycles. The highest BCUT2D eigenvalue weighted by molar-refractivity contribution is 5.47. The maximum absolute atomic E-state index is 12.1. The highest BCUT2D eigenvalue weighted by Crippen LogP contribution is 2.36. The van der Waals surface area contributed by atoms with Crippen molar-refractivity contribution in [3.05, 3.63) is 21.9 Å². The van der Waals surface area contributed by atoms with Gasteiger partial charge < -0.3 is 19.6 Å². The number of aryl methyl sites for hydroxylation is 1. The molecule has 9 heteroatoms. The Morgan fingerprint density at radius 3 is 2.47 bits per heavy atom. The van der Waals surface area contributed by atoms with E-state index in [-0.39, 0.29) is 11.4 Å². The summed E-state index contributed by atoms with van der Waals surface area (Å²) in [6.07, 6.45) is -4.96. The zero-order valence-electron chi connectivity index (χ0n) is 8.74. The summed E-state index contributed by atoms with van der Waals surface area (Å²) in [6, 6.07) is 0.555. The summed E-state index contributed by atoms with van der Waals surface area (Å²) < 4.78 is 44.4. The molecule has 1 aromatic heterocycles. The van der Waals surface area contributed by atoms with E-state index in [9.17, 15) is 23.3 Å². The summed E-state index contributed by atoms with van der Waals surface area (Å²) >= 11 is 0. The molecule has 1 heterocycles. The maximum atomic E-state index is 12.1. The van der Waals surface area contributed by atoms with Crippen LogP contribution in [0.15, 0.2) is 6.07 Å². The van der Waals surface area contributed by atoms with Gasteiger partial charge in [0, 0.05) is 6.92 Å². The van der Waals surface area contributed by atoms with Crippen LogP contribution in [0.2, 0.25) is 0 Å².